The van der Waals surface area contributed by atoms with E-state index in [0.29, 0.717) is 11.4 Å². The van der Waals surface area contributed by atoms with Crippen LogP contribution in [-0.2, 0) is 16.4 Å². The SMILES string of the molecule is CCc1ccc(S(=O)(=O)NC(=O)c2ccc(NC(=O)Nc3ccccc3)cc2)cc1. The second-order valence-electron chi connectivity index (χ2n) is 6.45. The highest BCUT2D eigenvalue weighted by atomic mass is 32.2. The monoisotopic (exact) mass is 423 g/mol. The van der Waals surface area contributed by atoms with E-state index in [-0.39, 0.29) is 10.5 Å². The Kier molecular flexibility index (Phi) is 6.48. The van der Waals surface area contributed by atoms with Crippen LogP contribution in [0.3, 0.4) is 0 Å². The predicted molar refractivity (Wildman–Crippen MR) is 116 cm³/mol. The molecule has 0 spiro atoms. The normalized spacial score (nSPS) is 10.8. The third-order valence-electron chi connectivity index (χ3n) is 4.31. The van der Waals surface area contributed by atoms with Gasteiger partial charge in [0, 0.05) is 16.9 Å². The first kappa shape index (κ1) is 21.1. The highest BCUT2D eigenvalue weighted by Gasteiger charge is 2.18. The fourth-order valence-electron chi connectivity index (χ4n) is 2.66. The topological polar surface area (TPSA) is 104 Å². The van der Waals surface area contributed by atoms with Crippen molar-refractivity contribution in [3.05, 3.63) is 90.0 Å². The minimum Gasteiger partial charge on any atom is -0.308 e. The molecule has 0 aliphatic rings. The average molecular weight is 423 g/mol. The zero-order valence-corrected chi connectivity index (χ0v) is 17.1. The fourth-order valence-corrected chi connectivity index (χ4v) is 3.64. The molecule has 30 heavy (non-hydrogen) atoms. The van der Waals surface area contributed by atoms with E-state index in [1.54, 1.807) is 36.4 Å². The number of anilines is 2. The van der Waals surface area contributed by atoms with Crippen LogP contribution in [0, 0.1) is 0 Å². The molecule has 7 nitrogen and oxygen atoms in total. The van der Waals surface area contributed by atoms with Crippen LogP contribution < -0.4 is 15.4 Å². The molecule has 3 N–H and O–H groups in total. The maximum atomic E-state index is 12.4. The quantitative estimate of drug-likeness (QED) is 0.557. The van der Waals surface area contributed by atoms with E-state index in [1.165, 1.54) is 36.4 Å². The van der Waals surface area contributed by atoms with Crippen molar-refractivity contribution in [3.8, 4) is 0 Å². The Hall–Kier alpha value is -3.65. The molecule has 0 saturated heterocycles. The number of aryl methyl sites for hydroxylation is 1. The molecule has 0 fully saturated rings. The van der Waals surface area contributed by atoms with Gasteiger partial charge < -0.3 is 10.6 Å². The van der Waals surface area contributed by atoms with E-state index < -0.39 is 22.0 Å². The van der Waals surface area contributed by atoms with Crippen LogP contribution >= 0.6 is 0 Å². The van der Waals surface area contributed by atoms with Gasteiger partial charge in [0.15, 0.2) is 0 Å². The van der Waals surface area contributed by atoms with Crippen molar-refractivity contribution in [2.45, 2.75) is 18.2 Å². The molecule has 3 aromatic rings. The van der Waals surface area contributed by atoms with Crippen molar-refractivity contribution >= 4 is 33.3 Å². The summed E-state index contributed by atoms with van der Waals surface area (Å²) in [7, 11) is -3.98. The Balaban J connectivity index is 1.62. The molecule has 0 aromatic heterocycles. The summed E-state index contributed by atoms with van der Waals surface area (Å²) in [4.78, 5) is 24.4. The van der Waals surface area contributed by atoms with Crippen molar-refractivity contribution in [2.75, 3.05) is 10.6 Å². The van der Waals surface area contributed by atoms with Crippen LogP contribution in [-0.4, -0.2) is 20.4 Å². The van der Waals surface area contributed by atoms with Gasteiger partial charge in [0.05, 0.1) is 4.90 Å². The van der Waals surface area contributed by atoms with Crippen LogP contribution in [0.5, 0.6) is 0 Å². The Morgan fingerprint density at radius 1 is 0.767 bits per heavy atom. The summed E-state index contributed by atoms with van der Waals surface area (Å²) in [6, 6.07) is 20.8. The number of urea groups is 1. The minimum absolute atomic E-state index is 0.0175. The maximum absolute atomic E-state index is 12.4. The molecule has 3 aromatic carbocycles. The molecular formula is C22H21N3O4S. The third-order valence-corrected chi connectivity index (χ3v) is 5.65. The van der Waals surface area contributed by atoms with E-state index in [9.17, 15) is 18.0 Å². The molecule has 0 aliphatic heterocycles. The highest BCUT2D eigenvalue weighted by Crippen LogP contribution is 2.14. The molecule has 0 bridgehead atoms. The van der Waals surface area contributed by atoms with Crippen molar-refractivity contribution in [2.24, 2.45) is 0 Å². The number of amides is 3. The first-order valence-corrected chi connectivity index (χ1v) is 10.7. The lowest BCUT2D eigenvalue weighted by Gasteiger charge is -2.09. The second kappa shape index (κ2) is 9.23. The van der Waals surface area contributed by atoms with Crippen molar-refractivity contribution in [1.82, 2.24) is 4.72 Å². The first-order valence-electron chi connectivity index (χ1n) is 9.26. The second-order valence-corrected chi connectivity index (χ2v) is 8.14. The van der Waals surface area contributed by atoms with E-state index in [2.05, 4.69) is 15.4 Å². The lowest BCUT2D eigenvalue weighted by molar-refractivity contribution is 0.0981. The van der Waals surface area contributed by atoms with Crippen LogP contribution in [0.1, 0.15) is 22.8 Å². The van der Waals surface area contributed by atoms with Crippen LogP contribution in [0.25, 0.3) is 0 Å². The summed E-state index contributed by atoms with van der Waals surface area (Å²) >= 11 is 0. The van der Waals surface area contributed by atoms with E-state index in [0.717, 1.165) is 12.0 Å². The number of hydrogen-bond acceptors (Lipinski definition) is 4. The zero-order chi connectivity index (χ0) is 21.6. The molecule has 0 heterocycles. The van der Waals surface area contributed by atoms with Gasteiger partial charge in [-0.05, 0) is 60.5 Å². The Labute approximate surface area is 175 Å². The third kappa shape index (κ3) is 5.45. The molecule has 3 rings (SSSR count). The van der Waals surface area contributed by atoms with Crippen LogP contribution in [0.2, 0.25) is 0 Å². The summed E-state index contributed by atoms with van der Waals surface area (Å²) in [5.41, 5.74) is 2.25. The summed E-state index contributed by atoms with van der Waals surface area (Å²) in [6.07, 6.45) is 0.788. The van der Waals surface area contributed by atoms with Gasteiger partial charge in [-0.3, -0.25) is 4.79 Å². The molecule has 0 aliphatic carbocycles. The first-order chi connectivity index (χ1) is 14.4. The van der Waals surface area contributed by atoms with Crippen LogP contribution in [0.4, 0.5) is 16.2 Å². The van der Waals surface area contributed by atoms with Crippen molar-refractivity contribution in [1.29, 1.82) is 0 Å². The molecule has 0 radical (unpaired) electrons. The Bertz CT molecular complexity index is 1130. The van der Waals surface area contributed by atoms with Gasteiger partial charge in [0.25, 0.3) is 15.9 Å². The summed E-state index contributed by atoms with van der Waals surface area (Å²) < 4.78 is 26.9. The molecule has 0 atom stereocenters. The van der Waals surface area contributed by atoms with E-state index in [1.807, 2.05) is 13.0 Å². The number of para-hydroxylation sites is 1. The number of carbonyl (C=O) groups excluding carboxylic acids is 2. The summed E-state index contributed by atoms with van der Waals surface area (Å²) in [6.45, 7) is 1.97. The van der Waals surface area contributed by atoms with Gasteiger partial charge >= 0.3 is 6.03 Å². The minimum atomic E-state index is -3.98. The Morgan fingerprint density at radius 3 is 1.90 bits per heavy atom. The number of hydrogen-bond donors (Lipinski definition) is 3. The predicted octanol–water partition coefficient (Wildman–Crippen LogP) is 4.01. The smallest absolute Gasteiger partial charge is 0.308 e. The molecule has 8 heteroatoms. The number of carbonyl (C=O) groups is 2. The van der Waals surface area contributed by atoms with Gasteiger partial charge in [-0.25, -0.2) is 17.9 Å². The lowest BCUT2D eigenvalue weighted by atomic mass is 10.2. The van der Waals surface area contributed by atoms with Gasteiger partial charge in [0.2, 0.25) is 0 Å². The Morgan fingerprint density at radius 2 is 1.33 bits per heavy atom. The fraction of sp³-hybridized carbons (Fsp3) is 0.0909. The molecule has 0 saturated carbocycles. The molecular weight excluding hydrogens is 402 g/mol. The number of rotatable bonds is 6. The molecule has 154 valence electrons. The van der Waals surface area contributed by atoms with E-state index >= 15 is 0 Å². The zero-order valence-electron chi connectivity index (χ0n) is 16.3. The number of nitrogens with one attached hydrogen (secondary N) is 3. The van der Waals surface area contributed by atoms with Gasteiger partial charge in [-0.15, -0.1) is 0 Å². The van der Waals surface area contributed by atoms with E-state index in [4.69, 9.17) is 0 Å². The molecule has 0 unspecified atom stereocenters. The lowest BCUT2D eigenvalue weighted by Crippen LogP contribution is -2.30. The summed E-state index contributed by atoms with van der Waals surface area (Å²) in [5.74, 6) is -0.755. The standard InChI is InChI=1S/C22H21N3O4S/c1-2-16-8-14-20(15-9-16)30(28,29)25-21(26)17-10-12-19(13-11-17)24-22(27)23-18-6-4-3-5-7-18/h3-15H,2H2,1H3,(H,25,26)(H2,23,24,27). The van der Waals surface area contributed by atoms with Gasteiger partial charge in [0.1, 0.15) is 0 Å². The van der Waals surface area contributed by atoms with Crippen molar-refractivity contribution in [3.63, 3.8) is 0 Å². The van der Waals surface area contributed by atoms with Gasteiger partial charge in [-0.2, -0.15) is 0 Å². The highest BCUT2D eigenvalue weighted by molar-refractivity contribution is 7.90. The van der Waals surface area contributed by atoms with Crippen LogP contribution in [0.15, 0.2) is 83.8 Å². The van der Waals surface area contributed by atoms with Crippen molar-refractivity contribution < 1.29 is 18.0 Å². The van der Waals surface area contributed by atoms with Gasteiger partial charge in [-0.1, -0.05) is 37.3 Å². The average Bonchev–Trinajstić information content (AvgIpc) is 2.74. The molecule has 3 amide bonds. The maximum Gasteiger partial charge on any atom is 0.323 e. The summed E-state index contributed by atoms with van der Waals surface area (Å²) in [5, 5.41) is 5.32. The largest absolute Gasteiger partial charge is 0.323 e. The number of sulfonamides is 1. The number of benzene rings is 3.